The molecule has 4 rings (SSSR count). The summed E-state index contributed by atoms with van der Waals surface area (Å²) in [6, 6.07) is 13.0. The number of halogens is 1. The smallest absolute Gasteiger partial charge is 0.290 e. The Labute approximate surface area is 196 Å². The van der Waals surface area contributed by atoms with Crippen LogP contribution in [-0.2, 0) is 4.74 Å². The maximum absolute atomic E-state index is 13.6. The van der Waals surface area contributed by atoms with Gasteiger partial charge in [-0.3, -0.25) is 9.59 Å². The highest BCUT2D eigenvalue weighted by Gasteiger charge is 2.42. The summed E-state index contributed by atoms with van der Waals surface area (Å²) in [5.41, 5.74) is 2.80. The first kappa shape index (κ1) is 22.7. The van der Waals surface area contributed by atoms with Crippen molar-refractivity contribution in [3.8, 4) is 0 Å². The lowest BCUT2D eigenvalue weighted by molar-refractivity contribution is 0.0593. The molecule has 0 bridgehead atoms. The normalized spacial score (nSPS) is 15.9. The highest BCUT2D eigenvalue weighted by atomic mass is 79.9. The molecule has 0 spiro atoms. The van der Waals surface area contributed by atoms with Gasteiger partial charge in [-0.2, -0.15) is 0 Å². The van der Waals surface area contributed by atoms with Crippen LogP contribution in [0.25, 0.3) is 11.0 Å². The molecule has 2 aromatic carbocycles. The quantitative estimate of drug-likeness (QED) is 0.373. The van der Waals surface area contributed by atoms with Gasteiger partial charge < -0.3 is 14.1 Å². The summed E-state index contributed by atoms with van der Waals surface area (Å²) >= 11 is 3.43. The lowest BCUT2D eigenvalue weighted by Gasteiger charge is -2.25. The average molecular weight is 498 g/mol. The van der Waals surface area contributed by atoms with Crippen molar-refractivity contribution in [3.05, 3.63) is 79.6 Å². The van der Waals surface area contributed by atoms with Crippen molar-refractivity contribution in [2.45, 2.75) is 52.2 Å². The molecule has 2 heterocycles. The van der Waals surface area contributed by atoms with E-state index >= 15 is 0 Å². The lowest BCUT2D eigenvalue weighted by atomic mass is 9.95. The largest absolute Gasteiger partial charge is 0.450 e. The Hall–Kier alpha value is -2.44. The van der Waals surface area contributed by atoms with Crippen molar-refractivity contribution in [1.29, 1.82) is 0 Å². The van der Waals surface area contributed by atoms with Gasteiger partial charge in [-0.1, -0.05) is 54.0 Å². The van der Waals surface area contributed by atoms with Gasteiger partial charge in [0, 0.05) is 17.6 Å². The molecule has 0 N–H and O–H groups in total. The first-order valence-corrected chi connectivity index (χ1v) is 11.9. The van der Waals surface area contributed by atoms with E-state index in [1.54, 1.807) is 23.1 Å². The Morgan fingerprint density at radius 3 is 2.44 bits per heavy atom. The molecule has 168 valence electrons. The van der Waals surface area contributed by atoms with E-state index in [9.17, 15) is 9.59 Å². The number of fused-ring (bicyclic) bond motifs is 2. The van der Waals surface area contributed by atoms with Crippen LogP contribution in [0, 0.1) is 0 Å². The van der Waals surface area contributed by atoms with E-state index in [2.05, 4.69) is 41.9 Å². The molecule has 0 unspecified atom stereocenters. The van der Waals surface area contributed by atoms with Crippen LogP contribution in [0.2, 0.25) is 0 Å². The van der Waals surface area contributed by atoms with Crippen LogP contribution >= 0.6 is 15.9 Å². The second kappa shape index (κ2) is 9.20. The van der Waals surface area contributed by atoms with E-state index in [1.165, 1.54) is 5.56 Å². The predicted octanol–water partition coefficient (Wildman–Crippen LogP) is 6.04. The summed E-state index contributed by atoms with van der Waals surface area (Å²) in [5, 5.41) is 0.472. The van der Waals surface area contributed by atoms with Gasteiger partial charge in [-0.25, -0.2) is 0 Å². The maximum Gasteiger partial charge on any atom is 0.290 e. The fourth-order valence-corrected chi connectivity index (χ4v) is 4.55. The fourth-order valence-electron chi connectivity index (χ4n) is 4.19. The first-order valence-electron chi connectivity index (χ1n) is 11.1. The molecule has 1 aromatic heterocycles. The maximum atomic E-state index is 13.6. The summed E-state index contributed by atoms with van der Waals surface area (Å²) in [6.07, 6.45) is 0.811. The van der Waals surface area contributed by atoms with Gasteiger partial charge in [0.1, 0.15) is 5.58 Å². The molecule has 32 heavy (non-hydrogen) atoms. The van der Waals surface area contributed by atoms with E-state index in [4.69, 9.17) is 9.15 Å². The monoisotopic (exact) mass is 497 g/mol. The summed E-state index contributed by atoms with van der Waals surface area (Å²) in [4.78, 5) is 28.7. The standard InChI is InChI=1S/C26H28BrNO4/c1-15(2)17-6-8-18(9-7-17)23-22-24(29)20-14-19(27)10-11-21(20)32-25(22)26(30)28(23)12-5-13-31-16(3)4/h6-11,14-16,23H,5,12-13H2,1-4H3/t23-/m0/s1. The second-order valence-electron chi connectivity index (χ2n) is 8.81. The second-order valence-corrected chi connectivity index (χ2v) is 9.73. The van der Waals surface area contributed by atoms with Gasteiger partial charge in [-0.05, 0) is 55.5 Å². The number of carbonyl (C=O) groups excluding carboxylic acids is 1. The zero-order valence-corrected chi connectivity index (χ0v) is 20.4. The minimum Gasteiger partial charge on any atom is -0.450 e. The lowest BCUT2D eigenvalue weighted by Crippen LogP contribution is -2.31. The van der Waals surface area contributed by atoms with Crippen molar-refractivity contribution >= 4 is 32.8 Å². The third kappa shape index (κ3) is 4.26. The molecular weight excluding hydrogens is 470 g/mol. The molecule has 0 saturated carbocycles. The topological polar surface area (TPSA) is 59.8 Å². The van der Waals surface area contributed by atoms with E-state index in [1.807, 2.05) is 26.0 Å². The number of hydrogen-bond donors (Lipinski definition) is 0. The van der Waals surface area contributed by atoms with Crippen molar-refractivity contribution in [3.63, 3.8) is 0 Å². The Bertz CT molecular complexity index is 1200. The molecule has 1 aliphatic heterocycles. The van der Waals surface area contributed by atoms with Gasteiger partial charge in [0.05, 0.1) is 23.1 Å². The van der Waals surface area contributed by atoms with Crippen LogP contribution in [0.5, 0.6) is 0 Å². The minimum absolute atomic E-state index is 0.132. The first-order chi connectivity index (χ1) is 15.3. The summed E-state index contributed by atoms with van der Waals surface area (Å²) < 4.78 is 12.5. The van der Waals surface area contributed by atoms with Gasteiger partial charge in [0.2, 0.25) is 5.76 Å². The number of ether oxygens (including phenoxy) is 1. The molecule has 1 atom stereocenters. The molecule has 5 nitrogen and oxygen atoms in total. The number of amides is 1. The number of nitrogens with zero attached hydrogens (tertiary/aromatic N) is 1. The molecule has 1 amide bonds. The average Bonchev–Trinajstić information content (AvgIpc) is 3.04. The molecule has 6 heteroatoms. The Kier molecular flexibility index (Phi) is 6.54. The van der Waals surface area contributed by atoms with Crippen LogP contribution in [0.4, 0.5) is 0 Å². The van der Waals surface area contributed by atoms with Crippen molar-refractivity contribution in [1.82, 2.24) is 4.90 Å². The number of hydrogen-bond acceptors (Lipinski definition) is 4. The number of carbonyl (C=O) groups is 1. The molecule has 1 aliphatic rings. The third-order valence-corrected chi connectivity index (χ3v) is 6.33. The van der Waals surface area contributed by atoms with Crippen LogP contribution in [0.1, 0.15) is 73.3 Å². The van der Waals surface area contributed by atoms with Gasteiger partial charge in [-0.15, -0.1) is 0 Å². The van der Waals surface area contributed by atoms with Crippen LogP contribution < -0.4 is 5.43 Å². The highest BCUT2D eigenvalue weighted by molar-refractivity contribution is 9.10. The molecule has 0 radical (unpaired) electrons. The SMILES string of the molecule is CC(C)OCCCN1C(=O)c2oc3ccc(Br)cc3c(=O)c2[C@@H]1c1ccc(C(C)C)cc1. The van der Waals surface area contributed by atoms with Crippen molar-refractivity contribution < 1.29 is 13.9 Å². The molecule has 0 aliphatic carbocycles. The van der Waals surface area contributed by atoms with Crippen molar-refractivity contribution in [2.24, 2.45) is 0 Å². The van der Waals surface area contributed by atoms with Crippen molar-refractivity contribution in [2.75, 3.05) is 13.2 Å². The zero-order chi connectivity index (χ0) is 23.0. The molecule has 0 saturated heterocycles. The van der Waals surface area contributed by atoms with E-state index < -0.39 is 6.04 Å². The summed E-state index contributed by atoms with van der Waals surface area (Å²) in [5.74, 6) is 0.300. The zero-order valence-electron chi connectivity index (χ0n) is 18.9. The van der Waals surface area contributed by atoms with Crippen LogP contribution in [0.15, 0.2) is 56.1 Å². The molecule has 0 fully saturated rings. The summed E-state index contributed by atoms with van der Waals surface area (Å²) in [7, 11) is 0. The number of benzene rings is 2. The minimum atomic E-state index is -0.475. The van der Waals surface area contributed by atoms with Crippen LogP contribution in [0.3, 0.4) is 0 Å². The van der Waals surface area contributed by atoms with Gasteiger partial charge in [0.25, 0.3) is 5.91 Å². The van der Waals surface area contributed by atoms with E-state index in [0.717, 1.165) is 10.0 Å². The third-order valence-electron chi connectivity index (χ3n) is 5.84. The highest BCUT2D eigenvalue weighted by Crippen LogP contribution is 2.38. The van der Waals surface area contributed by atoms with Crippen LogP contribution in [-0.4, -0.2) is 30.1 Å². The van der Waals surface area contributed by atoms with Gasteiger partial charge in [0.15, 0.2) is 5.43 Å². The Morgan fingerprint density at radius 2 is 1.78 bits per heavy atom. The fraction of sp³-hybridized carbons (Fsp3) is 0.385. The predicted molar refractivity (Wildman–Crippen MR) is 129 cm³/mol. The van der Waals surface area contributed by atoms with E-state index in [0.29, 0.717) is 42.0 Å². The molecular formula is C26H28BrNO4. The Balaban J connectivity index is 1.80. The number of rotatable bonds is 7. The van der Waals surface area contributed by atoms with E-state index in [-0.39, 0.29) is 23.2 Å². The molecule has 3 aromatic rings. The Morgan fingerprint density at radius 1 is 1.06 bits per heavy atom. The van der Waals surface area contributed by atoms with Gasteiger partial charge >= 0.3 is 0 Å². The summed E-state index contributed by atoms with van der Waals surface area (Å²) in [6.45, 7) is 9.29.